The quantitative estimate of drug-likeness (QED) is 0.733. The smallest absolute Gasteiger partial charge is 0.269 e. The number of imidazole rings is 1. The molecule has 6 heteroatoms. The van der Waals surface area contributed by atoms with Crippen LogP contribution in [0, 0.1) is 6.92 Å². The summed E-state index contributed by atoms with van der Waals surface area (Å²) in [5.41, 5.74) is 0.527. The van der Waals surface area contributed by atoms with Gasteiger partial charge in [-0.2, -0.15) is 0 Å². The Bertz CT molecular complexity index is 385. The van der Waals surface area contributed by atoms with Crippen LogP contribution in [0.3, 0.4) is 0 Å². The molecule has 100 valence electrons. The van der Waals surface area contributed by atoms with Gasteiger partial charge in [0.2, 0.25) is 0 Å². The molecule has 1 aliphatic heterocycles. The number of rotatable bonds is 5. The lowest BCUT2D eigenvalue weighted by Gasteiger charge is -2.26. The SMILES string of the molecule is Cc1ncc(C(=O)NCCCN2CCOCC2)[nH]1. The molecule has 2 heterocycles. The maximum absolute atomic E-state index is 11.7. The lowest BCUT2D eigenvalue weighted by atomic mass is 10.3. The molecular formula is C12H20N4O2. The largest absolute Gasteiger partial charge is 0.379 e. The van der Waals surface area contributed by atoms with Crippen LogP contribution in [0.4, 0.5) is 0 Å². The number of hydrogen-bond acceptors (Lipinski definition) is 4. The van der Waals surface area contributed by atoms with E-state index in [1.807, 2.05) is 6.92 Å². The minimum atomic E-state index is -0.0856. The molecule has 0 unspecified atom stereocenters. The van der Waals surface area contributed by atoms with Crippen molar-refractivity contribution in [3.05, 3.63) is 17.7 Å². The Morgan fingerprint density at radius 2 is 2.33 bits per heavy atom. The van der Waals surface area contributed by atoms with Gasteiger partial charge in [-0.15, -0.1) is 0 Å². The average Bonchev–Trinajstić information content (AvgIpc) is 2.82. The number of morpholine rings is 1. The Balaban J connectivity index is 1.61. The number of H-pyrrole nitrogens is 1. The standard InChI is InChI=1S/C12H20N4O2/c1-10-14-9-11(15-10)12(17)13-3-2-4-16-5-7-18-8-6-16/h9H,2-8H2,1H3,(H,13,17)(H,14,15). The number of carbonyl (C=O) groups is 1. The van der Waals surface area contributed by atoms with Gasteiger partial charge in [-0.25, -0.2) is 4.98 Å². The van der Waals surface area contributed by atoms with E-state index in [9.17, 15) is 4.79 Å². The van der Waals surface area contributed by atoms with E-state index in [2.05, 4.69) is 20.2 Å². The number of aromatic nitrogens is 2. The van der Waals surface area contributed by atoms with Crippen LogP contribution >= 0.6 is 0 Å². The Kier molecular flexibility index (Phi) is 4.72. The number of aryl methyl sites for hydroxylation is 1. The average molecular weight is 252 g/mol. The van der Waals surface area contributed by atoms with Crippen LogP contribution in [0.5, 0.6) is 0 Å². The van der Waals surface area contributed by atoms with Crippen LogP contribution < -0.4 is 5.32 Å². The fourth-order valence-corrected chi connectivity index (χ4v) is 1.96. The molecule has 6 nitrogen and oxygen atoms in total. The van der Waals surface area contributed by atoms with Gasteiger partial charge >= 0.3 is 0 Å². The molecule has 1 aromatic rings. The number of amides is 1. The minimum absolute atomic E-state index is 0.0856. The van der Waals surface area contributed by atoms with Crippen molar-refractivity contribution in [2.45, 2.75) is 13.3 Å². The maximum atomic E-state index is 11.7. The van der Waals surface area contributed by atoms with E-state index in [1.165, 1.54) is 0 Å². The third-order valence-electron chi connectivity index (χ3n) is 2.99. The molecule has 1 aromatic heterocycles. The molecule has 2 rings (SSSR count). The number of hydrogen-bond donors (Lipinski definition) is 2. The first-order valence-electron chi connectivity index (χ1n) is 6.35. The van der Waals surface area contributed by atoms with Crippen molar-refractivity contribution < 1.29 is 9.53 Å². The summed E-state index contributed by atoms with van der Waals surface area (Å²) in [6, 6.07) is 0. The molecule has 0 aliphatic carbocycles. The highest BCUT2D eigenvalue weighted by Gasteiger charge is 2.10. The third kappa shape index (κ3) is 3.82. The van der Waals surface area contributed by atoms with Gasteiger partial charge in [-0.05, 0) is 19.9 Å². The van der Waals surface area contributed by atoms with Gasteiger partial charge in [-0.3, -0.25) is 9.69 Å². The predicted molar refractivity (Wildman–Crippen MR) is 67.5 cm³/mol. The zero-order chi connectivity index (χ0) is 12.8. The van der Waals surface area contributed by atoms with E-state index >= 15 is 0 Å². The summed E-state index contributed by atoms with van der Waals surface area (Å²) in [5.74, 6) is 0.672. The second-order valence-electron chi connectivity index (χ2n) is 4.45. The lowest BCUT2D eigenvalue weighted by molar-refractivity contribution is 0.0374. The molecule has 0 atom stereocenters. The van der Waals surface area contributed by atoms with E-state index in [1.54, 1.807) is 6.20 Å². The van der Waals surface area contributed by atoms with Gasteiger partial charge < -0.3 is 15.0 Å². The van der Waals surface area contributed by atoms with E-state index < -0.39 is 0 Å². The minimum Gasteiger partial charge on any atom is -0.379 e. The lowest BCUT2D eigenvalue weighted by Crippen LogP contribution is -2.38. The summed E-state index contributed by atoms with van der Waals surface area (Å²) in [7, 11) is 0. The van der Waals surface area contributed by atoms with Gasteiger partial charge in [0.1, 0.15) is 11.5 Å². The Morgan fingerprint density at radius 3 is 3.00 bits per heavy atom. The normalized spacial score (nSPS) is 16.7. The van der Waals surface area contributed by atoms with Crippen molar-refractivity contribution in [2.75, 3.05) is 39.4 Å². The number of nitrogens with one attached hydrogen (secondary N) is 2. The summed E-state index contributed by atoms with van der Waals surface area (Å²) in [6.45, 7) is 7.15. The maximum Gasteiger partial charge on any atom is 0.269 e. The molecular weight excluding hydrogens is 232 g/mol. The van der Waals surface area contributed by atoms with Crippen LogP contribution in [0.1, 0.15) is 22.7 Å². The predicted octanol–water partition coefficient (Wildman–Crippen LogP) is 0.170. The highest BCUT2D eigenvalue weighted by Crippen LogP contribution is 1.98. The fraction of sp³-hybridized carbons (Fsp3) is 0.667. The van der Waals surface area contributed by atoms with E-state index in [4.69, 9.17) is 4.74 Å². The van der Waals surface area contributed by atoms with Crippen molar-refractivity contribution in [1.29, 1.82) is 0 Å². The van der Waals surface area contributed by atoms with Crippen molar-refractivity contribution in [3.8, 4) is 0 Å². The topological polar surface area (TPSA) is 70.2 Å². The second-order valence-corrected chi connectivity index (χ2v) is 4.45. The molecule has 0 bridgehead atoms. The molecule has 0 saturated carbocycles. The van der Waals surface area contributed by atoms with Crippen molar-refractivity contribution in [1.82, 2.24) is 20.2 Å². The van der Waals surface area contributed by atoms with Crippen LogP contribution in [0.25, 0.3) is 0 Å². The number of carbonyl (C=O) groups excluding carboxylic acids is 1. The van der Waals surface area contributed by atoms with Crippen molar-refractivity contribution >= 4 is 5.91 Å². The van der Waals surface area contributed by atoms with Crippen LogP contribution in [-0.2, 0) is 4.74 Å². The van der Waals surface area contributed by atoms with Crippen LogP contribution in [-0.4, -0.2) is 60.2 Å². The first kappa shape index (κ1) is 13.0. The van der Waals surface area contributed by atoms with Crippen LogP contribution in [0.15, 0.2) is 6.20 Å². The molecule has 1 aliphatic rings. The highest BCUT2D eigenvalue weighted by atomic mass is 16.5. The first-order chi connectivity index (χ1) is 8.75. The summed E-state index contributed by atoms with van der Waals surface area (Å²) in [5, 5.41) is 2.88. The van der Waals surface area contributed by atoms with Gasteiger partial charge in [0.05, 0.1) is 19.4 Å². The van der Waals surface area contributed by atoms with E-state index in [-0.39, 0.29) is 5.91 Å². The Morgan fingerprint density at radius 1 is 1.56 bits per heavy atom. The number of nitrogens with zero attached hydrogens (tertiary/aromatic N) is 2. The summed E-state index contributed by atoms with van der Waals surface area (Å²) in [4.78, 5) is 21.0. The molecule has 0 aromatic carbocycles. The van der Waals surface area contributed by atoms with E-state index in [0.29, 0.717) is 12.2 Å². The Labute approximate surface area is 107 Å². The zero-order valence-electron chi connectivity index (χ0n) is 10.7. The molecule has 0 spiro atoms. The van der Waals surface area contributed by atoms with Crippen LogP contribution in [0.2, 0.25) is 0 Å². The van der Waals surface area contributed by atoms with Gasteiger partial charge in [0.25, 0.3) is 5.91 Å². The number of aromatic amines is 1. The monoisotopic (exact) mass is 252 g/mol. The first-order valence-corrected chi connectivity index (χ1v) is 6.35. The molecule has 1 saturated heterocycles. The Hall–Kier alpha value is -1.40. The van der Waals surface area contributed by atoms with Crippen molar-refractivity contribution in [2.24, 2.45) is 0 Å². The second kappa shape index (κ2) is 6.51. The molecule has 1 fully saturated rings. The van der Waals surface area contributed by atoms with Crippen molar-refractivity contribution in [3.63, 3.8) is 0 Å². The molecule has 2 N–H and O–H groups in total. The summed E-state index contributed by atoms with van der Waals surface area (Å²) >= 11 is 0. The fourth-order valence-electron chi connectivity index (χ4n) is 1.96. The van der Waals surface area contributed by atoms with Gasteiger partial charge in [-0.1, -0.05) is 0 Å². The number of ether oxygens (including phenoxy) is 1. The van der Waals surface area contributed by atoms with E-state index in [0.717, 1.165) is 45.1 Å². The van der Waals surface area contributed by atoms with Gasteiger partial charge in [0.15, 0.2) is 0 Å². The molecule has 18 heavy (non-hydrogen) atoms. The molecule has 1 amide bonds. The zero-order valence-corrected chi connectivity index (χ0v) is 10.7. The summed E-state index contributed by atoms with van der Waals surface area (Å²) in [6.07, 6.45) is 2.52. The van der Waals surface area contributed by atoms with Gasteiger partial charge in [0, 0.05) is 19.6 Å². The summed E-state index contributed by atoms with van der Waals surface area (Å²) < 4.78 is 5.28. The molecule has 0 radical (unpaired) electrons. The third-order valence-corrected chi connectivity index (χ3v) is 2.99. The highest BCUT2D eigenvalue weighted by molar-refractivity contribution is 5.92.